The van der Waals surface area contributed by atoms with Crippen LogP contribution in [0.15, 0.2) is 36.4 Å². The van der Waals surface area contributed by atoms with E-state index in [1.807, 2.05) is 31.2 Å². The van der Waals surface area contributed by atoms with Crippen LogP contribution in [0.25, 0.3) is 0 Å². The highest BCUT2D eigenvalue weighted by atomic mass is 16.5. The van der Waals surface area contributed by atoms with Gasteiger partial charge in [0.15, 0.2) is 0 Å². The normalized spacial score (nSPS) is 14.4. The molecule has 0 unspecified atom stereocenters. The summed E-state index contributed by atoms with van der Waals surface area (Å²) in [5, 5.41) is 0. The summed E-state index contributed by atoms with van der Waals surface area (Å²) in [6.07, 6.45) is 3.22. The minimum absolute atomic E-state index is 0.240. The number of aryl methyl sites for hydroxylation is 1. The largest absolute Gasteiger partial charge is 0.493 e. The van der Waals surface area contributed by atoms with Crippen LogP contribution in [0.5, 0.6) is 5.75 Å². The smallest absolute Gasteiger partial charge is 0.253 e. The van der Waals surface area contributed by atoms with Gasteiger partial charge in [-0.25, -0.2) is 0 Å². The lowest BCUT2D eigenvalue weighted by Gasteiger charge is -2.14. The molecule has 1 aliphatic rings. The summed E-state index contributed by atoms with van der Waals surface area (Å²) >= 11 is 0. The van der Waals surface area contributed by atoms with Gasteiger partial charge in [0.25, 0.3) is 11.8 Å². The number of carbonyl (C=O) groups excluding carboxylic acids is 2. The fourth-order valence-corrected chi connectivity index (χ4v) is 1.77. The highest BCUT2D eigenvalue weighted by Crippen LogP contribution is 2.16. The highest BCUT2D eigenvalue weighted by Gasteiger charge is 2.22. The standard InChI is InChI=1S/C14H15NO3/c1-11-5-2-3-6-12(11)18-10-4-9-15-13(16)7-8-14(15)17/h2-3,5-8H,4,9-10H2,1H3. The molecule has 94 valence electrons. The molecule has 1 aromatic carbocycles. The molecule has 0 saturated heterocycles. The lowest BCUT2D eigenvalue weighted by atomic mass is 10.2. The summed E-state index contributed by atoms with van der Waals surface area (Å²) in [6.45, 7) is 2.87. The third kappa shape index (κ3) is 2.77. The number of nitrogens with zero attached hydrogens (tertiary/aromatic N) is 1. The van der Waals surface area contributed by atoms with E-state index in [2.05, 4.69) is 0 Å². The van der Waals surface area contributed by atoms with E-state index in [0.717, 1.165) is 11.3 Å². The molecule has 0 bridgehead atoms. The number of rotatable bonds is 5. The third-order valence-corrected chi connectivity index (χ3v) is 2.78. The second kappa shape index (κ2) is 5.49. The summed E-state index contributed by atoms with van der Waals surface area (Å²) in [6, 6.07) is 7.75. The fraction of sp³-hybridized carbons (Fsp3) is 0.286. The van der Waals surface area contributed by atoms with Gasteiger partial charge in [-0.15, -0.1) is 0 Å². The zero-order valence-electron chi connectivity index (χ0n) is 10.3. The van der Waals surface area contributed by atoms with Crippen LogP contribution in [0.4, 0.5) is 0 Å². The number of benzene rings is 1. The molecule has 4 nitrogen and oxygen atoms in total. The van der Waals surface area contributed by atoms with E-state index < -0.39 is 0 Å². The molecule has 18 heavy (non-hydrogen) atoms. The zero-order valence-corrected chi connectivity index (χ0v) is 10.3. The molecule has 0 aromatic heterocycles. The third-order valence-electron chi connectivity index (χ3n) is 2.78. The Balaban J connectivity index is 1.75. The first-order valence-corrected chi connectivity index (χ1v) is 5.90. The number of imide groups is 1. The SMILES string of the molecule is Cc1ccccc1OCCCN1C(=O)C=CC1=O. The Hall–Kier alpha value is -2.10. The Morgan fingerprint density at radius 3 is 2.44 bits per heavy atom. The van der Waals surface area contributed by atoms with Crippen LogP contribution < -0.4 is 4.74 Å². The summed E-state index contributed by atoms with van der Waals surface area (Å²) in [5.41, 5.74) is 1.08. The minimum atomic E-state index is -0.240. The van der Waals surface area contributed by atoms with Crippen LogP contribution in [0.1, 0.15) is 12.0 Å². The van der Waals surface area contributed by atoms with E-state index in [4.69, 9.17) is 4.74 Å². The predicted octanol–water partition coefficient (Wildman–Crippen LogP) is 1.69. The molecule has 4 heteroatoms. The van der Waals surface area contributed by atoms with Crippen molar-refractivity contribution in [2.24, 2.45) is 0 Å². The Bertz CT molecular complexity index is 476. The zero-order chi connectivity index (χ0) is 13.0. The van der Waals surface area contributed by atoms with Gasteiger partial charge in [0.2, 0.25) is 0 Å². The van der Waals surface area contributed by atoms with Crippen molar-refractivity contribution < 1.29 is 14.3 Å². The summed E-state index contributed by atoms with van der Waals surface area (Å²) in [4.78, 5) is 23.8. The average Bonchev–Trinajstić information content (AvgIpc) is 2.67. The van der Waals surface area contributed by atoms with Crippen LogP contribution in [-0.4, -0.2) is 29.9 Å². The van der Waals surface area contributed by atoms with E-state index >= 15 is 0 Å². The van der Waals surface area contributed by atoms with Gasteiger partial charge in [0.05, 0.1) is 6.61 Å². The Kier molecular flexibility index (Phi) is 3.77. The molecule has 0 aliphatic carbocycles. The van der Waals surface area contributed by atoms with Crippen LogP contribution in [-0.2, 0) is 9.59 Å². The highest BCUT2D eigenvalue weighted by molar-refractivity contribution is 6.12. The molecule has 0 saturated carbocycles. The van der Waals surface area contributed by atoms with Gasteiger partial charge < -0.3 is 4.74 Å². The lowest BCUT2D eigenvalue weighted by molar-refractivity contribution is -0.136. The fourth-order valence-electron chi connectivity index (χ4n) is 1.77. The maximum atomic E-state index is 11.3. The van der Waals surface area contributed by atoms with Crippen LogP contribution in [0.2, 0.25) is 0 Å². The van der Waals surface area contributed by atoms with Crippen molar-refractivity contribution in [2.45, 2.75) is 13.3 Å². The van der Waals surface area contributed by atoms with Crippen molar-refractivity contribution >= 4 is 11.8 Å². The second-order valence-electron chi connectivity index (χ2n) is 4.13. The first kappa shape index (κ1) is 12.4. The van der Waals surface area contributed by atoms with Gasteiger partial charge in [-0.3, -0.25) is 14.5 Å². The molecule has 2 amide bonds. The van der Waals surface area contributed by atoms with Crippen molar-refractivity contribution in [2.75, 3.05) is 13.2 Å². The van der Waals surface area contributed by atoms with Gasteiger partial charge in [0.1, 0.15) is 5.75 Å². The second-order valence-corrected chi connectivity index (χ2v) is 4.13. The monoisotopic (exact) mass is 245 g/mol. The summed E-state index contributed by atoms with van der Waals surface area (Å²) < 4.78 is 5.60. The van der Waals surface area contributed by atoms with Gasteiger partial charge >= 0.3 is 0 Å². The first-order chi connectivity index (χ1) is 8.68. The topological polar surface area (TPSA) is 46.6 Å². The van der Waals surface area contributed by atoms with Crippen LogP contribution in [0, 0.1) is 6.92 Å². The Morgan fingerprint density at radius 1 is 1.11 bits per heavy atom. The summed E-state index contributed by atoms with van der Waals surface area (Å²) in [5.74, 6) is 0.362. The number of carbonyl (C=O) groups is 2. The van der Waals surface area contributed by atoms with Gasteiger partial charge in [-0.05, 0) is 25.0 Å². The molecule has 1 aliphatic heterocycles. The van der Waals surface area contributed by atoms with Gasteiger partial charge in [-0.1, -0.05) is 18.2 Å². The van der Waals surface area contributed by atoms with E-state index in [0.29, 0.717) is 19.6 Å². The van der Waals surface area contributed by atoms with E-state index in [1.165, 1.54) is 17.1 Å². The van der Waals surface area contributed by atoms with Crippen molar-refractivity contribution in [1.82, 2.24) is 4.90 Å². The van der Waals surface area contributed by atoms with Crippen molar-refractivity contribution in [3.05, 3.63) is 42.0 Å². The molecule has 0 fully saturated rings. The maximum absolute atomic E-state index is 11.3. The van der Waals surface area contributed by atoms with E-state index in [-0.39, 0.29) is 11.8 Å². The van der Waals surface area contributed by atoms with Crippen molar-refractivity contribution in [3.63, 3.8) is 0 Å². The lowest BCUT2D eigenvalue weighted by Crippen LogP contribution is -2.31. The van der Waals surface area contributed by atoms with Crippen LogP contribution >= 0.6 is 0 Å². The minimum Gasteiger partial charge on any atom is -0.493 e. The number of hydrogen-bond acceptors (Lipinski definition) is 3. The summed E-state index contributed by atoms with van der Waals surface area (Å²) in [7, 11) is 0. The molecule has 2 rings (SSSR count). The Morgan fingerprint density at radius 2 is 1.78 bits per heavy atom. The number of hydrogen-bond donors (Lipinski definition) is 0. The average molecular weight is 245 g/mol. The number of ether oxygens (including phenoxy) is 1. The first-order valence-electron chi connectivity index (χ1n) is 5.90. The van der Waals surface area contributed by atoms with Gasteiger partial charge in [0, 0.05) is 18.7 Å². The quantitative estimate of drug-likeness (QED) is 0.586. The molecule has 0 atom stereocenters. The molecule has 0 radical (unpaired) electrons. The maximum Gasteiger partial charge on any atom is 0.253 e. The Labute approximate surface area is 106 Å². The number of para-hydroxylation sites is 1. The molecule has 0 N–H and O–H groups in total. The molecule has 0 spiro atoms. The molecule has 1 aromatic rings. The van der Waals surface area contributed by atoms with E-state index in [9.17, 15) is 9.59 Å². The van der Waals surface area contributed by atoms with E-state index in [1.54, 1.807) is 0 Å². The molecule has 1 heterocycles. The van der Waals surface area contributed by atoms with Gasteiger partial charge in [-0.2, -0.15) is 0 Å². The van der Waals surface area contributed by atoms with Crippen molar-refractivity contribution in [3.8, 4) is 5.75 Å². The number of amides is 2. The molecular formula is C14H15NO3. The molecular weight excluding hydrogens is 230 g/mol. The van der Waals surface area contributed by atoms with Crippen LogP contribution in [0.3, 0.4) is 0 Å². The van der Waals surface area contributed by atoms with Crippen molar-refractivity contribution in [1.29, 1.82) is 0 Å². The predicted molar refractivity (Wildman–Crippen MR) is 67.2 cm³/mol.